The Bertz CT molecular complexity index is 861. The molecule has 1 heterocycles. The summed E-state index contributed by atoms with van der Waals surface area (Å²) in [6, 6.07) is 2.05. The summed E-state index contributed by atoms with van der Waals surface area (Å²) in [4.78, 5) is 26.7. The smallest absolute Gasteiger partial charge is 0.326 e. The van der Waals surface area contributed by atoms with Crippen LogP contribution in [0, 0.1) is 19.8 Å². The molecule has 1 N–H and O–H groups in total. The summed E-state index contributed by atoms with van der Waals surface area (Å²) >= 11 is 0. The molecular formula is C19H25NO5S. The number of aryl methyl sites for hydroxylation is 1. The van der Waals surface area contributed by atoms with Crippen LogP contribution in [0.2, 0.25) is 0 Å². The number of hydrogen-bond acceptors (Lipinski definition) is 4. The van der Waals surface area contributed by atoms with Gasteiger partial charge in [0.1, 0.15) is 6.04 Å². The first-order chi connectivity index (χ1) is 12.1. The first-order valence-corrected chi connectivity index (χ1v) is 10.9. The van der Waals surface area contributed by atoms with Gasteiger partial charge in [-0.2, -0.15) is 0 Å². The van der Waals surface area contributed by atoms with Gasteiger partial charge in [0.25, 0.3) is 5.91 Å². The zero-order valence-corrected chi connectivity index (χ0v) is 16.2. The van der Waals surface area contributed by atoms with Crippen molar-refractivity contribution < 1.29 is 23.1 Å². The van der Waals surface area contributed by atoms with Crippen molar-refractivity contribution in [3.05, 3.63) is 28.8 Å². The molecule has 0 bridgehead atoms. The van der Waals surface area contributed by atoms with Crippen molar-refractivity contribution in [3.8, 4) is 0 Å². The monoisotopic (exact) mass is 379 g/mol. The van der Waals surface area contributed by atoms with Crippen LogP contribution in [0.15, 0.2) is 17.0 Å². The number of carbonyl (C=O) groups excluding carboxylic acids is 1. The van der Waals surface area contributed by atoms with Crippen molar-refractivity contribution in [2.75, 3.05) is 6.26 Å². The van der Waals surface area contributed by atoms with Gasteiger partial charge in [-0.1, -0.05) is 12.8 Å². The number of carbonyl (C=O) groups is 2. The molecule has 26 heavy (non-hydrogen) atoms. The lowest BCUT2D eigenvalue weighted by Gasteiger charge is -2.33. The van der Waals surface area contributed by atoms with Gasteiger partial charge in [0, 0.05) is 17.9 Å². The molecule has 0 aromatic heterocycles. The summed E-state index contributed by atoms with van der Waals surface area (Å²) in [6.45, 7) is 3.54. The van der Waals surface area contributed by atoms with E-state index < -0.39 is 21.8 Å². The molecule has 142 valence electrons. The standard InChI is InChI=1S/C19H25NO5S/c1-11-8-14(26(3,24)25)10-15(12(11)2)18(21)20-16-7-5-4-6-13(16)9-17(20)19(22)23/h8,10,13,16-17H,4-7,9H2,1-3H3,(H,22,23). The lowest BCUT2D eigenvalue weighted by molar-refractivity contribution is -0.141. The summed E-state index contributed by atoms with van der Waals surface area (Å²) in [5, 5.41) is 9.64. The van der Waals surface area contributed by atoms with E-state index in [2.05, 4.69) is 0 Å². The molecule has 7 heteroatoms. The minimum absolute atomic E-state index is 0.0704. The highest BCUT2D eigenvalue weighted by Gasteiger charge is 2.48. The van der Waals surface area contributed by atoms with E-state index in [-0.39, 0.29) is 22.8 Å². The predicted octanol–water partition coefficient (Wildman–Crippen LogP) is 2.56. The lowest BCUT2D eigenvalue weighted by Crippen LogP contribution is -2.46. The van der Waals surface area contributed by atoms with Gasteiger partial charge in [-0.15, -0.1) is 0 Å². The van der Waals surface area contributed by atoms with E-state index in [9.17, 15) is 23.1 Å². The summed E-state index contributed by atoms with van der Waals surface area (Å²) in [7, 11) is -3.46. The quantitative estimate of drug-likeness (QED) is 0.871. The van der Waals surface area contributed by atoms with Crippen molar-refractivity contribution in [1.82, 2.24) is 4.90 Å². The Kier molecular flexibility index (Phi) is 4.86. The van der Waals surface area contributed by atoms with Gasteiger partial charge < -0.3 is 10.0 Å². The maximum atomic E-state index is 13.3. The van der Waals surface area contributed by atoms with Gasteiger partial charge in [0.05, 0.1) is 4.90 Å². The van der Waals surface area contributed by atoms with E-state index in [1.165, 1.54) is 11.0 Å². The van der Waals surface area contributed by atoms with E-state index in [0.29, 0.717) is 23.1 Å². The second kappa shape index (κ2) is 6.68. The van der Waals surface area contributed by atoms with E-state index in [1.54, 1.807) is 19.9 Å². The third kappa shape index (κ3) is 3.24. The largest absolute Gasteiger partial charge is 0.480 e. The van der Waals surface area contributed by atoms with Gasteiger partial charge in [-0.25, -0.2) is 13.2 Å². The van der Waals surface area contributed by atoms with Crippen LogP contribution < -0.4 is 0 Å². The van der Waals surface area contributed by atoms with Crippen LogP contribution in [-0.4, -0.2) is 48.6 Å². The highest BCUT2D eigenvalue weighted by atomic mass is 32.2. The third-order valence-electron chi connectivity index (χ3n) is 5.91. The molecule has 2 fully saturated rings. The van der Waals surface area contributed by atoms with Gasteiger partial charge in [-0.05, 0) is 62.3 Å². The van der Waals surface area contributed by atoms with Gasteiger partial charge in [0.2, 0.25) is 0 Å². The average Bonchev–Trinajstić information content (AvgIpc) is 2.95. The molecule has 0 spiro atoms. The summed E-state index contributed by atoms with van der Waals surface area (Å²) in [6.07, 6.45) is 5.40. The molecule has 1 aliphatic heterocycles. The molecule has 3 rings (SSSR count). The second-order valence-corrected chi connectivity index (χ2v) is 9.61. The van der Waals surface area contributed by atoms with E-state index in [1.807, 2.05) is 0 Å². The number of nitrogens with zero attached hydrogens (tertiary/aromatic N) is 1. The fourth-order valence-electron chi connectivity index (χ4n) is 4.37. The van der Waals surface area contributed by atoms with Gasteiger partial charge in [0.15, 0.2) is 9.84 Å². The molecule has 1 saturated heterocycles. The fourth-order valence-corrected chi connectivity index (χ4v) is 5.10. The number of carboxylic acids is 1. The number of likely N-dealkylation sites (tertiary alicyclic amines) is 1. The molecule has 2 aliphatic rings. The number of benzene rings is 1. The van der Waals surface area contributed by atoms with Crippen molar-refractivity contribution in [1.29, 1.82) is 0 Å². The number of fused-ring (bicyclic) bond motifs is 1. The first-order valence-electron chi connectivity index (χ1n) is 8.98. The summed E-state index contributed by atoms with van der Waals surface area (Å²) in [5.74, 6) is -1.13. The molecule has 1 aliphatic carbocycles. The third-order valence-corrected chi connectivity index (χ3v) is 7.00. The van der Waals surface area contributed by atoms with Crippen molar-refractivity contribution >= 4 is 21.7 Å². The molecular weight excluding hydrogens is 354 g/mol. The normalized spacial score (nSPS) is 25.8. The Hall–Kier alpha value is -1.89. The first kappa shape index (κ1) is 18.9. The SMILES string of the molecule is Cc1cc(S(C)(=O)=O)cc(C(=O)N2C(C(=O)O)CC3CCCCC32)c1C. The number of carboxylic acid groups (broad SMARTS) is 1. The zero-order chi connectivity index (χ0) is 19.2. The summed E-state index contributed by atoms with van der Waals surface area (Å²) in [5.41, 5.74) is 1.70. The number of aliphatic carboxylic acids is 1. The van der Waals surface area contributed by atoms with Crippen molar-refractivity contribution in [2.24, 2.45) is 5.92 Å². The van der Waals surface area contributed by atoms with Crippen molar-refractivity contribution in [2.45, 2.75) is 62.9 Å². The average molecular weight is 379 g/mol. The highest BCUT2D eigenvalue weighted by Crippen LogP contribution is 2.41. The highest BCUT2D eigenvalue weighted by molar-refractivity contribution is 7.90. The van der Waals surface area contributed by atoms with E-state index in [0.717, 1.165) is 31.9 Å². The Balaban J connectivity index is 2.07. The predicted molar refractivity (Wildman–Crippen MR) is 97.0 cm³/mol. The molecule has 1 aromatic carbocycles. The Morgan fingerprint density at radius 1 is 1.15 bits per heavy atom. The second-order valence-electron chi connectivity index (χ2n) is 7.60. The maximum absolute atomic E-state index is 13.3. The van der Waals surface area contributed by atoms with Crippen LogP contribution in [0.3, 0.4) is 0 Å². The fraction of sp³-hybridized carbons (Fsp3) is 0.579. The molecule has 3 unspecified atom stereocenters. The zero-order valence-electron chi connectivity index (χ0n) is 15.4. The molecule has 1 saturated carbocycles. The Labute approximate surface area is 154 Å². The lowest BCUT2D eigenvalue weighted by atomic mass is 9.84. The van der Waals surface area contributed by atoms with Crippen LogP contribution in [0.25, 0.3) is 0 Å². The molecule has 1 aromatic rings. The van der Waals surface area contributed by atoms with Crippen molar-refractivity contribution in [3.63, 3.8) is 0 Å². The number of amides is 1. The minimum Gasteiger partial charge on any atom is -0.480 e. The minimum atomic E-state index is -3.46. The number of hydrogen-bond donors (Lipinski definition) is 1. The molecule has 1 amide bonds. The number of rotatable bonds is 3. The molecule has 3 atom stereocenters. The van der Waals surface area contributed by atoms with Crippen LogP contribution in [0.1, 0.15) is 53.6 Å². The molecule has 6 nitrogen and oxygen atoms in total. The van der Waals surface area contributed by atoms with Crippen LogP contribution in [-0.2, 0) is 14.6 Å². The van der Waals surface area contributed by atoms with E-state index in [4.69, 9.17) is 0 Å². The Morgan fingerprint density at radius 2 is 1.81 bits per heavy atom. The maximum Gasteiger partial charge on any atom is 0.326 e. The topological polar surface area (TPSA) is 91.8 Å². The summed E-state index contributed by atoms with van der Waals surface area (Å²) < 4.78 is 23.9. The Morgan fingerprint density at radius 3 is 2.42 bits per heavy atom. The van der Waals surface area contributed by atoms with Gasteiger partial charge >= 0.3 is 5.97 Å². The van der Waals surface area contributed by atoms with Gasteiger partial charge in [-0.3, -0.25) is 4.79 Å². The number of sulfone groups is 1. The van der Waals surface area contributed by atoms with Crippen LogP contribution >= 0.6 is 0 Å². The van der Waals surface area contributed by atoms with Crippen LogP contribution in [0.4, 0.5) is 0 Å². The molecule has 0 radical (unpaired) electrons. The van der Waals surface area contributed by atoms with Crippen LogP contribution in [0.5, 0.6) is 0 Å². The van der Waals surface area contributed by atoms with E-state index >= 15 is 0 Å².